The van der Waals surface area contributed by atoms with Crippen LogP contribution in [-0.4, -0.2) is 28.9 Å². The fourth-order valence-corrected chi connectivity index (χ4v) is 2.94. The number of likely N-dealkylation sites (N-methyl/N-ethyl adjacent to an activating group) is 1. The molecule has 2 heterocycles. The van der Waals surface area contributed by atoms with Gasteiger partial charge in [-0.05, 0) is 36.5 Å². The second-order valence-electron chi connectivity index (χ2n) is 4.72. The predicted octanol–water partition coefficient (Wildman–Crippen LogP) is 1.45. The van der Waals surface area contributed by atoms with Gasteiger partial charge in [-0.2, -0.15) is 0 Å². The van der Waals surface area contributed by atoms with Crippen molar-refractivity contribution >= 4 is 23.5 Å². The summed E-state index contributed by atoms with van der Waals surface area (Å²) in [6.07, 6.45) is 4.00. The van der Waals surface area contributed by atoms with Gasteiger partial charge in [-0.25, -0.2) is 9.78 Å². The number of aromatic nitrogens is 1. The van der Waals surface area contributed by atoms with E-state index >= 15 is 0 Å². The van der Waals surface area contributed by atoms with Gasteiger partial charge in [-0.1, -0.05) is 11.6 Å². The number of carbonyl (C=O) groups excluding carboxylic acids is 2. The molecule has 1 unspecified atom stereocenters. The minimum atomic E-state index is -0.938. The number of urea groups is 1. The Hall–Kier alpha value is -1.62. The molecule has 5 nitrogen and oxygen atoms in total. The average molecular weight is 266 g/mol. The first kappa shape index (κ1) is 11.5. The molecule has 1 aliphatic carbocycles. The Labute approximate surface area is 109 Å². The van der Waals surface area contributed by atoms with Crippen LogP contribution in [0.3, 0.4) is 0 Å². The van der Waals surface area contributed by atoms with Crippen LogP contribution >= 0.6 is 11.6 Å². The molecule has 0 saturated carbocycles. The van der Waals surface area contributed by atoms with Crippen molar-refractivity contribution in [3.8, 4) is 0 Å². The molecule has 1 aliphatic heterocycles. The van der Waals surface area contributed by atoms with Crippen LogP contribution < -0.4 is 5.32 Å². The Balaban J connectivity index is 2.19. The highest BCUT2D eigenvalue weighted by Gasteiger charge is 2.52. The monoisotopic (exact) mass is 265 g/mol. The van der Waals surface area contributed by atoms with Gasteiger partial charge in [-0.15, -0.1) is 0 Å². The van der Waals surface area contributed by atoms with E-state index in [0.29, 0.717) is 11.6 Å². The summed E-state index contributed by atoms with van der Waals surface area (Å²) >= 11 is 5.91. The molecule has 3 amide bonds. The Morgan fingerprint density at radius 1 is 1.50 bits per heavy atom. The zero-order valence-corrected chi connectivity index (χ0v) is 10.6. The minimum absolute atomic E-state index is 0.212. The molecular weight excluding hydrogens is 254 g/mol. The van der Waals surface area contributed by atoms with Gasteiger partial charge in [0.2, 0.25) is 0 Å². The highest BCUT2D eigenvalue weighted by atomic mass is 35.5. The normalized spacial score (nSPS) is 26.4. The van der Waals surface area contributed by atoms with Crippen LogP contribution in [0, 0.1) is 0 Å². The Bertz CT molecular complexity index is 560. The Kier molecular flexibility index (Phi) is 2.35. The van der Waals surface area contributed by atoms with Gasteiger partial charge < -0.3 is 5.32 Å². The average Bonchev–Trinajstić information content (AvgIpc) is 2.56. The first-order valence-electron chi connectivity index (χ1n) is 5.80. The number of carbonyl (C=O) groups is 2. The Morgan fingerprint density at radius 3 is 2.94 bits per heavy atom. The highest BCUT2D eigenvalue weighted by molar-refractivity contribution is 6.29. The molecule has 0 aromatic carbocycles. The quantitative estimate of drug-likeness (QED) is 0.570. The maximum absolute atomic E-state index is 12.3. The summed E-state index contributed by atoms with van der Waals surface area (Å²) in [6.45, 7) is 0. The van der Waals surface area contributed by atoms with E-state index in [9.17, 15) is 9.59 Å². The van der Waals surface area contributed by atoms with Gasteiger partial charge in [0.25, 0.3) is 5.91 Å². The number of imide groups is 1. The summed E-state index contributed by atoms with van der Waals surface area (Å²) < 4.78 is 0. The van der Waals surface area contributed by atoms with Gasteiger partial charge >= 0.3 is 6.03 Å². The Morgan fingerprint density at radius 2 is 2.28 bits per heavy atom. The third-order valence-electron chi connectivity index (χ3n) is 3.71. The van der Waals surface area contributed by atoms with Crippen LogP contribution in [0.2, 0.25) is 5.15 Å². The number of rotatable bonds is 0. The standard InChI is InChI=1S/C12H12ClN3O2/c1-16-10(17)12(15-11(16)18)4-2-3-7-6-14-9(13)5-8(7)12/h5-6H,2-4H2,1H3,(H,15,18). The summed E-state index contributed by atoms with van der Waals surface area (Å²) in [7, 11) is 1.49. The molecule has 1 atom stereocenters. The maximum atomic E-state index is 12.3. The van der Waals surface area contributed by atoms with Crippen molar-refractivity contribution in [1.29, 1.82) is 0 Å². The van der Waals surface area contributed by atoms with Crippen LogP contribution in [0.5, 0.6) is 0 Å². The van der Waals surface area contributed by atoms with Gasteiger partial charge in [0.15, 0.2) is 0 Å². The van der Waals surface area contributed by atoms with Crippen molar-refractivity contribution in [3.05, 3.63) is 28.5 Å². The van der Waals surface area contributed by atoms with E-state index in [2.05, 4.69) is 10.3 Å². The van der Waals surface area contributed by atoms with Crippen molar-refractivity contribution in [1.82, 2.24) is 15.2 Å². The molecular formula is C12H12ClN3O2. The van der Waals surface area contributed by atoms with Crippen molar-refractivity contribution in [3.63, 3.8) is 0 Å². The van der Waals surface area contributed by atoms with E-state index in [1.807, 2.05) is 0 Å². The number of hydrogen-bond donors (Lipinski definition) is 1. The van der Waals surface area contributed by atoms with Crippen molar-refractivity contribution in [2.24, 2.45) is 0 Å². The molecule has 0 bridgehead atoms. The topological polar surface area (TPSA) is 62.3 Å². The number of nitrogens with one attached hydrogen (secondary N) is 1. The fraction of sp³-hybridized carbons (Fsp3) is 0.417. The van der Waals surface area contributed by atoms with Crippen LogP contribution in [0.4, 0.5) is 4.79 Å². The number of nitrogens with zero attached hydrogens (tertiary/aromatic N) is 2. The molecule has 3 rings (SSSR count). The van der Waals surface area contributed by atoms with E-state index in [0.717, 1.165) is 28.9 Å². The molecule has 1 aromatic heterocycles. The summed E-state index contributed by atoms with van der Waals surface area (Å²) in [6, 6.07) is 1.33. The third kappa shape index (κ3) is 1.37. The van der Waals surface area contributed by atoms with E-state index in [-0.39, 0.29) is 11.9 Å². The van der Waals surface area contributed by atoms with E-state index in [1.165, 1.54) is 7.05 Å². The lowest BCUT2D eigenvalue weighted by atomic mass is 9.77. The molecule has 1 N–H and O–H groups in total. The van der Waals surface area contributed by atoms with Gasteiger partial charge in [0, 0.05) is 13.2 Å². The number of fused-ring (bicyclic) bond motifs is 2. The zero-order chi connectivity index (χ0) is 12.9. The van der Waals surface area contributed by atoms with Crippen LogP contribution in [0.25, 0.3) is 0 Å². The first-order chi connectivity index (χ1) is 8.54. The smallest absolute Gasteiger partial charge is 0.319 e. The number of hydrogen-bond acceptors (Lipinski definition) is 3. The second kappa shape index (κ2) is 3.68. The summed E-state index contributed by atoms with van der Waals surface area (Å²) in [5, 5.41) is 3.14. The molecule has 6 heteroatoms. The number of pyridine rings is 1. The molecule has 1 aromatic rings. The molecule has 94 valence electrons. The van der Waals surface area contributed by atoms with E-state index in [1.54, 1.807) is 12.3 Å². The van der Waals surface area contributed by atoms with Crippen molar-refractivity contribution in [2.45, 2.75) is 24.8 Å². The summed E-state index contributed by atoms with van der Waals surface area (Å²) in [5.41, 5.74) is 0.831. The van der Waals surface area contributed by atoms with Crippen molar-refractivity contribution < 1.29 is 9.59 Å². The summed E-state index contributed by atoms with van der Waals surface area (Å²) in [5.74, 6) is -0.212. The maximum Gasteiger partial charge on any atom is 0.325 e. The first-order valence-corrected chi connectivity index (χ1v) is 6.17. The van der Waals surface area contributed by atoms with Crippen LogP contribution in [0.1, 0.15) is 24.0 Å². The third-order valence-corrected chi connectivity index (χ3v) is 3.91. The largest absolute Gasteiger partial charge is 0.325 e. The molecule has 18 heavy (non-hydrogen) atoms. The molecule has 0 radical (unpaired) electrons. The summed E-state index contributed by atoms with van der Waals surface area (Å²) in [4.78, 5) is 29.2. The van der Waals surface area contributed by atoms with E-state index < -0.39 is 5.54 Å². The fourth-order valence-electron chi connectivity index (χ4n) is 2.78. The number of amides is 3. The van der Waals surface area contributed by atoms with Crippen LogP contribution in [-0.2, 0) is 16.8 Å². The SMILES string of the molecule is CN1C(=O)NC2(CCCc3cnc(Cl)cc32)C1=O. The molecule has 1 spiro atoms. The van der Waals surface area contributed by atoms with Gasteiger partial charge in [-0.3, -0.25) is 9.69 Å². The van der Waals surface area contributed by atoms with Crippen molar-refractivity contribution in [2.75, 3.05) is 7.05 Å². The lowest BCUT2D eigenvalue weighted by Gasteiger charge is -2.32. The molecule has 1 fully saturated rings. The minimum Gasteiger partial charge on any atom is -0.319 e. The highest BCUT2D eigenvalue weighted by Crippen LogP contribution is 2.39. The predicted molar refractivity (Wildman–Crippen MR) is 65.2 cm³/mol. The molecule has 2 aliphatic rings. The van der Waals surface area contributed by atoms with Gasteiger partial charge in [0.05, 0.1) is 0 Å². The van der Waals surface area contributed by atoms with Crippen LogP contribution in [0.15, 0.2) is 12.3 Å². The van der Waals surface area contributed by atoms with Gasteiger partial charge in [0.1, 0.15) is 10.7 Å². The van der Waals surface area contributed by atoms with E-state index in [4.69, 9.17) is 11.6 Å². The molecule has 1 saturated heterocycles. The number of halogens is 1. The zero-order valence-electron chi connectivity index (χ0n) is 9.86. The second-order valence-corrected chi connectivity index (χ2v) is 5.10. The number of aryl methyl sites for hydroxylation is 1. The lowest BCUT2D eigenvalue weighted by molar-refractivity contribution is -0.131. The lowest BCUT2D eigenvalue weighted by Crippen LogP contribution is -2.46.